The van der Waals surface area contributed by atoms with Crippen LogP contribution in [0.2, 0.25) is 0 Å². The summed E-state index contributed by atoms with van der Waals surface area (Å²) in [4.78, 5) is 43.0. The minimum atomic E-state index is -0.574. The topological polar surface area (TPSA) is 149 Å². The lowest BCUT2D eigenvalue weighted by Gasteiger charge is -2.10. The van der Waals surface area contributed by atoms with E-state index in [0.29, 0.717) is 23.6 Å². The number of anilines is 1. The molecule has 11 nitrogen and oxygen atoms in total. The van der Waals surface area contributed by atoms with Gasteiger partial charge in [-0.15, -0.1) is 0 Å². The molecule has 0 aliphatic carbocycles. The fraction of sp³-hybridized carbons (Fsp3) is 0.182. The van der Waals surface area contributed by atoms with E-state index in [4.69, 9.17) is 4.42 Å². The third kappa shape index (κ3) is 4.42. The van der Waals surface area contributed by atoms with E-state index in [1.165, 1.54) is 42.1 Å². The first-order valence-electron chi connectivity index (χ1n) is 10.2. The van der Waals surface area contributed by atoms with E-state index >= 15 is 0 Å². The van der Waals surface area contributed by atoms with E-state index in [0.717, 1.165) is 6.42 Å². The highest BCUT2D eigenvalue weighted by molar-refractivity contribution is 6.05. The van der Waals surface area contributed by atoms with E-state index in [2.05, 4.69) is 20.4 Å². The number of aromatic amines is 1. The van der Waals surface area contributed by atoms with Gasteiger partial charge in [0.25, 0.3) is 17.2 Å². The van der Waals surface area contributed by atoms with Crippen LogP contribution in [-0.4, -0.2) is 30.6 Å². The quantitative estimate of drug-likeness (QED) is 0.324. The molecule has 11 heteroatoms. The van der Waals surface area contributed by atoms with E-state index in [9.17, 15) is 19.7 Å². The molecule has 1 aromatic carbocycles. The molecule has 4 rings (SSSR count). The van der Waals surface area contributed by atoms with Crippen molar-refractivity contribution >= 4 is 17.4 Å². The van der Waals surface area contributed by atoms with Gasteiger partial charge in [-0.2, -0.15) is 9.78 Å². The van der Waals surface area contributed by atoms with Gasteiger partial charge < -0.3 is 9.73 Å². The summed E-state index contributed by atoms with van der Waals surface area (Å²) in [6.45, 7) is 3.48. The number of nitro groups is 1. The van der Waals surface area contributed by atoms with Crippen LogP contribution in [0.3, 0.4) is 0 Å². The van der Waals surface area contributed by atoms with Gasteiger partial charge in [-0.05, 0) is 31.5 Å². The second kappa shape index (κ2) is 8.91. The van der Waals surface area contributed by atoms with Crippen LogP contribution in [0.15, 0.2) is 57.9 Å². The van der Waals surface area contributed by atoms with Crippen molar-refractivity contribution in [3.8, 4) is 17.4 Å². The highest BCUT2D eigenvalue weighted by Crippen LogP contribution is 2.26. The van der Waals surface area contributed by atoms with Crippen molar-refractivity contribution in [2.75, 3.05) is 5.32 Å². The summed E-state index contributed by atoms with van der Waals surface area (Å²) in [6.07, 6.45) is 2.88. The maximum atomic E-state index is 13.0. The number of carbonyl (C=O) groups is 1. The Morgan fingerprint density at radius 1 is 1.27 bits per heavy atom. The number of aryl methyl sites for hydroxylation is 1. The number of hydrogen-bond acceptors (Lipinski definition) is 7. The molecule has 0 aliphatic heterocycles. The first-order chi connectivity index (χ1) is 15.9. The molecule has 168 valence electrons. The number of H-pyrrole nitrogens is 1. The monoisotopic (exact) mass is 448 g/mol. The molecule has 0 fully saturated rings. The lowest BCUT2D eigenvalue weighted by Crippen LogP contribution is -2.20. The molecular weight excluding hydrogens is 428 g/mol. The second-order valence-electron chi connectivity index (χ2n) is 7.28. The Morgan fingerprint density at radius 2 is 2.09 bits per heavy atom. The Bertz CT molecular complexity index is 1390. The minimum absolute atomic E-state index is 0.120. The van der Waals surface area contributed by atoms with Crippen LogP contribution < -0.4 is 10.9 Å². The third-order valence-electron chi connectivity index (χ3n) is 4.96. The van der Waals surface area contributed by atoms with Crippen molar-refractivity contribution in [2.24, 2.45) is 0 Å². The van der Waals surface area contributed by atoms with Crippen molar-refractivity contribution in [1.29, 1.82) is 0 Å². The van der Waals surface area contributed by atoms with E-state index in [1.807, 2.05) is 6.92 Å². The van der Waals surface area contributed by atoms with Crippen LogP contribution in [0.5, 0.6) is 0 Å². The predicted octanol–water partition coefficient (Wildman–Crippen LogP) is 3.64. The van der Waals surface area contributed by atoms with Gasteiger partial charge >= 0.3 is 0 Å². The molecular formula is C22H20N6O5. The molecule has 0 bridgehead atoms. The largest absolute Gasteiger partial charge is 0.463 e. The summed E-state index contributed by atoms with van der Waals surface area (Å²) in [5, 5.41) is 18.4. The highest BCUT2D eigenvalue weighted by atomic mass is 16.6. The van der Waals surface area contributed by atoms with Crippen molar-refractivity contribution in [1.82, 2.24) is 19.7 Å². The molecule has 0 unspecified atom stereocenters. The highest BCUT2D eigenvalue weighted by Gasteiger charge is 2.21. The smallest absolute Gasteiger partial charge is 0.273 e. The molecule has 3 aromatic heterocycles. The Balaban J connectivity index is 1.79. The summed E-state index contributed by atoms with van der Waals surface area (Å²) in [5.74, 6) is 0.196. The molecule has 0 radical (unpaired) electrons. The van der Waals surface area contributed by atoms with Crippen molar-refractivity contribution in [3.63, 3.8) is 0 Å². The number of nitrogens with one attached hydrogen (secondary N) is 2. The number of nitrogens with zero attached hydrogens (tertiary/aromatic N) is 4. The fourth-order valence-electron chi connectivity index (χ4n) is 3.41. The number of carbonyl (C=O) groups excluding carboxylic acids is 1. The summed E-state index contributed by atoms with van der Waals surface area (Å²) < 4.78 is 6.70. The molecule has 0 spiro atoms. The van der Waals surface area contributed by atoms with Gasteiger partial charge in [-0.25, -0.2) is 4.98 Å². The molecule has 3 heterocycles. The normalized spacial score (nSPS) is 10.8. The predicted molar refractivity (Wildman–Crippen MR) is 119 cm³/mol. The van der Waals surface area contributed by atoms with Crippen LogP contribution in [-0.2, 0) is 6.42 Å². The number of nitro benzene ring substituents is 1. The summed E-state index contributed by atoms with van der Waals surface area (Å²) in [5.41, 5.74) is 0.829. The first-order valence-corrected chi connectivity index (χ1v) is 10.2. The first kappa shape index (κ1) is 21.7. The maximum Gasteiger partial charge on any atom is 0.273 e. The van der Waals surface area contributed by atoms with Gasteiger partial charge in [-0.1, -0.05) is 19.4 Å². The van der Waals surface area contributed by atoms with E-state index in [1.54, 1.807) is 18.2 Å². The molecule has 0 saturated carbocycles. The number of furan rings is 1. The zero-order valence-corrected chi connectivity index (χ0v) is 17.9. The average Bonchev–Trinajstić information content (AvgIpc) is 3.43. The third-order valence-corrected chi connectivity index (χ3v) is 4.96. The molecule has 0 saturated heterocycles. The van der Waals surface area contributed by atoms with Crippen LogP contribution in [0.1, 0.15) is 35.0 Å². The fourth-order valence-corrected chi connectivity index (χ4v) is 3.41. The summed E-state index contributed by atoms with van der Waals surface area (Å²) in [6, 6.07) is 10.6. The van der Waals surface area contributed by atoms with Crippen molar-refractivity contribution in [3.05, 3.63) is 86.0 Å². The Labute approximate surface area is 187 Å². The van der Waals surface area contributed by atoms with Gasteiger partial charge in [-0.3, -0.25) is 24.7 Å². The minimum Gasteiger partial charge on any atom is -0.463 e. The van der Waals surface area contributed by atoms with Gasteiger partial charge in [0.2, 0.25) is 5.95 Å². The second-order valence-corrected chi connectivity index (χ2v) is 7.28. The summed E-state index contributed by atoms with van der Waals surface area (Å²) >= 11 is 0. The van der Waals surface area contributed by atoms with Gasteiger partial charge in [0.05, 0.1) is 11.2 Å². The number of benzene rings is 1. The Morgan fingerprint density at radius 3 is 2.79 bits per heavy atom. The van der Waals surface area contributed by atoms with Gasteiger partial charge in [0, 0.05) is 35.0 Å². The molecule has 1 amide bonds. The Kier molecular flexibility index (Phi) is 5.85. The van der Waals surface area contributed by atoms with Crippen molar-refractivity contribution in [2.45, 2.75) is 26.7 Å². The number of rotatable bonds is 7. The van der Waals surface area contributed by atoms with Gasteiger partial charge in [0.15, 0.2) is 5.76 Å². The lowest BCUT2D eigenvalue weighted by atomic mass is 10.1. The zero-order valence-electron chi connectivity index (χ0n) is 17.9. The van der Waals surface area contributed by atoms with Gasteiger partial charge in [0.1, 0.15) is 11.5 Å². The van der Waals surface area contributed by atoms with E-state index in [-0.39, 0.29) is 34.1 Å². The maximum absolute atomic E-state index is 13.0. The van der Waals surface area contributed by atoms with Crippen LogP contribution in [0.25, 0.3) is 17.4 Å². The molecule has 0 aliphatic rings. The molecule has 0 atom stereocenters. The summed E-state index contributed by atoms with van der Waals surface area (Å²) in [7, 11) is 0. The number of hydrogen-bond donors (Lipinski definition) is 2. The van der Waals surface area contributed by atoms with Crippen LogP contribution in [0, 0.1) is 17.0 Å². The van der Waals surface area contributed by atoms with Crippen molar-refractivity contribution < 1.29 is 14.1 Å². The molecule has 33 heavy (non-hydrogen) atoms. The standard InChI is InChI=1S/C22H20N6O5/c1-3-6-14-11-20(29)25-22(23-14)27-19(12-16(26-27)18-9-5-10-33-18)24-21(30)15-7-4-8-17(13(15)2)28(31)32/h4-5,7-12H,3,6H2,1-2H3,(H,24,30)(H,23,25,29). The lowest BCUT2D eigenvalue weighted by molar-refractivity contribution is -0.385. The number of aromatic nitrogens is 4. The Hall–Kier alpha value is -4.54. The SMILES string of the molecule is CCCc1cc(=O)[nH]c(-n2nc(-c3ccco3)cc2NC(=O)c2cccc([N+](=O)[O-])c2C)n1. The van der Waals surface area contributed by atoms with Crippen LogP contribution in [0.4, 0.5) is 11.5 Å². The molecule has 4 aromatic rings. The van der Waals surface area contributed by atoms with E-state index < -0.39 is 10.8 Å². The molecule has 2 N–H and O–H groups in total. The average molecular weight is 448 g/mol. The van der Waals surface area contributed by atoms with Crippen LogP contribution >= 0.6 is 0 Å². The zero-order chi connectivity index (χ0) is 23.5. The number of amides is 1.